The number of hydroxylamine groups is 2. The van der Waals surface area contributed by atoms with Crippen molar-refractivity contribution in [3.05, 3.63) is 0 Å². The van der Waals surface area contributed by atoms with Crippen LogP contribution in [-0.2, 0) is 9.63 Å². The Kier molecular flexibility index (Phi) is 6.11. The SMILES string of the molecule is CCN(C(=O)CCN1CCCO1)C1CCCCCC1. The molecule has 0 spiro atoms. The van der Waals surface area contributed by atoms with Crippen LogP contribution in [0.2, 0.25) is 0 Å². The summed E-state index contributed by atoms with van der Waals surface area (Å²) in [7, 11) is 0. The summed E-state index contributed by atoms with van der Waals surface area (Å²) in [4.78, 5) is 19.9. The van der Waals surface area contributed by atoms with Gasteiger partial charge in [-0.1, -0.05) is 25.7 Å². The Bertz CT molecular complexity index is 269. The molecule has 4 nitrogen and oxygen atoms in total. The second-order valence-corrected chi connectivity index (χ2v) is 5.69. The van der Waals surface area contributed by atoms with Gasteiger partial charge >= 0.3 is 0 Å². The van der Waals surface area contributed by atoms with Crippen LogP contribution in [0.15, 0.2) is 0 Å². The maximum atomic E-state index is 12.4. The Morgan fingerprint density at radius 1 is 1.21 bits per heavy atom. The van der Waals surface area contributed by atoms with Crippen molar-refractivity contribution in [1.82, 2.24) is 9.96 Å². The van der Waals surface area contributed by atoms with Crippen LogP contribution in [0.3, 0.4) is 0 Å². The summed E-state index contributed by atoms with van der Waals surface area (Å²) in [5.41, 5.74) is 0. The van der Waals surface area contributed by atoms with E-state index in [1.54, 1.807) is 0 Å². The third-order valence-electron chi connectivity index (χ3n) is 4.33. The standard InChI is InChI=1S/C15H28N2O2/c1-2-17(14-8-5-3-4-6-9-14)15(18)10-12-16-11-7-13-19-16/h14H,2-13H2,1H3. The molecule has 1 aliphatic heterocycles. The highest BCUT2D eigenvalue weighted by atomic mass is 16.7. The lowest BCUT2D eigenvalue weighted by molar-refractivity contribution is -0.140. The zero-order valence-electron chi connectivity index (χ0n) is 12.3. The van der Waals surface area contributed by atoms with Crippen molar-refractivity contribution in [3.8, 4) is 0 Å². The van der Waals surface area contributed by atoms with E-state index in [0.717, 1.165) is 32.7 Å². The van der Waals surface area contributed by atoms with Crippen LogP contribution in [0.1, 0.15) is 58.3 Å². The van der Waals surface area contributed by atoms with E-state index >= 15 is 0 Å². The normalized spacial score (nSPS) is 22.4. The number of carbonyl (C=O) groups excluding carboxylic acids is 1. The summed E-state index contributed by atoms with van der Waals surface area (Å²) in [6, 6.07) is 0.486. The summed E-state index contributed by atoms with van der Waals surface area (Å²) in [5, 5.41) is 1.94. The Balaban J connectivity index is 1.79. The van der Waals surface area contributed by atoms with Crippen LogP contribution in [0.5, 0.6) is 0 Å². The van der Waals surface area contributed by atoms with Crippen LogP contribution in [0, 0.1) is 0 Å². The van der Waals surface area contributed by atoms with E-state index in [1.165, 1.54) is 38.5 Å². The molecule has 4 heteroatoms. The average Bonchev–Trinajstić information content (AvgIpc) is 2.80. The van der Waals surface area contributed by atoms with Gasteiger partial charge in [0.15, 0.2) is 0 Å². The molecule has 1 heterocycles. The molecule has 0 unspecified atom stereocenters. The van der Waals surface area contributed by atoms with Crippen LogP contribution in [0.4, 0.5) is 0 Å². The van der Waals surface area contributed by atoms with Crippen molar-refractivity contribution < 1.29 is 9.63 Å². The minimum absolute atomic E-state index is 0.310. The topological polar surface area (TPSA) is 32.8 Å². The van der Waals surface area contributed by atoms with Gasteiger partial charge in [0, 0.05) is 32.1 Å². The monoisotopic (exact) mass is 268 g/mol. The van der Waals surface area contributed by atoms with E-state index < -0.39 is 0 Å². The zero-order chi connectivity index (χ0) is 13.5. The predicted octanol–water partition coefficient (Wildman–Crippen LogP) is 2.59. The maximum absolute atomic E-state index is 12.4. The first-order valence-corrected chi connectivity index (χ1v) is 7.98. The second-order valence-electron chi connectivity index (χ2n) is 5.69. The molecule has 1 saturated heterocycles. The van der Waals surface area contributed by atoms with Crippen LogP contribution in [-0.4, -0.2) is 48.2 Å². The molecule has 19 heavy (non-hydrogen) atoms. The molecule has 0 N–H and O–H groups in total. The van der Waals surface area contributed by atoms with Crippen LogP contribution < -0.4 is 0 Å². The minimum Gasteiger partial charge on any atom is -0.340 e. The van der Waals surface area contributed by atoms with Crippen LogP contribution in [0.25, 0.3) is 0 Å². The van der Waals surface area contributed by atoms with Gasteiger partial charge in [0.2, 0.25) is 5.91 Å². The molecular weight excluding hydrogens is 240 g/mol. The molecule has 1 amide bonds. The number of hydrogen-bond acceptors (Lipinski definition) is 3. The lowest BCUT2D eigenvalue weighted by Crippen LogP contribution is -2.41. The molecule has 0 aromatic carbocycles. The number of carbonyl (C=O) groups is 1. The first kappa shape index (κ1) is 14.8. The van der Waals surface area contributed by atoms with Gasteiger partial charge in [0.25, 0.3) is 0 Å². The molecule has 2 rings (SSSR count). The number of rotatable bonds is 5. The van der Waals surface area contributed by atoms with Gasteiger partial charge in [0.05, 0.1) is 6.61 Å². The highest BCUT2D eigenvalue weighted by Crippen LogP contribution is 2.22. The van der Waals surface area contributed by atoms with E-state index in [4.69, 9.17) is 4.84 Å². The van der Waals surface area contributed by atoms with Crippen LogP contribution >= 0.6 is 0 Å². The van der Waals surface area contributed by atoms with E-state index in [9.17, 15) is 4.79 Å². The van der Waals surface area contributed by atoms with Gasteiger partial charge in [-0.2, -0.15) is 5.06 Å². The second kappa shape index (κ2) is 7.85. The third kappa shape index (κ3) is 4.46. The quantitative estimate of drug-likeness (QED) is 0.719. The fourth-order valence-electron chi connectivity index (χ4n) is 3.25. The Labute approximate surface area is 117 Å². The van der Waals surface area contributed by atoms with Gasteiger partial charge in [0.1, 0.15) is 0 Å². The molecule has 0 aromatic heterocycles. The van der Waals surface area contributed by atoms with E-state index in [-0.39, 0.29) is 0 Å². The molecule has 0 bridgehead atoms. The summed E-state index contributed by atoms with van der Waals surface area (Å²) >= 11 is 0. The Morgan fingerprint density at radius 3 is 2.53 bits per heavy atom. The smallest absolute Gasteiger partial charge is 0.224 e. The lowest BCUT2D eigenvalue weighted by Gasteiger charge is -2.30. The molecule has 0 radical (unpaired) electrons. The Hall–Kier alpha value is -0.610. The van der Waals surface area contributed by atoms with Gasteiger partial charge in [-0.05, 0) is 26.2 Å². The summed E-state index contributed by atoms with van der Waals surface area (Å²) in [6.07, 6.45) is 9.32. The molecule has 2 fully saturated rings. The highest BCUT2D eigenvalue weighted by molar-refractivity contribution is 5.76. The summed E-state index contributed by atoms with van der Waals surface area (Å²) in [6.45, 7) is 5.50. The molecule has 1 aliphatic carbocycles. The average molecular weight is 268 g/mol. The molecule has 0 atom stereocenters. The molecule has 1 saturated carbocycles. The van der Waals surface area contributed by atoms with Gasteiger partial charge in [-0.3, -0.25) is 9.63 Å². The zero-order valence-corrected chi connectivity index (χ0v) is 12.3. The van der Waals surface area contributed by atoms with E-state index in [1.807, 2.05) is 5.06 Å². The van der Waals surface area contributed by atoms with E-state index in [2.05, 4.69) is 11.8 Å². The minimum atomic E-state index is 0.310. The van der Waals surface area contributed by atoms with Crippen molar-refractivity contribution in [2.24, 2.45) is 0 Å². The predicted molar refractivity (Wildman–Crippen MR) is 75.6 cm³/mol. The fraction of sp³-hybridized carbons (Fsp3) is 0.933. The lowest BCUT2D eigenvalue weighted by atomic mass is 10.1. The van der Waals surface area contributed by atoms with Crippen molar-refractivity contribution in [2.45, 2.75) is 64.3 Å². The molecule has 110 valence electrons. The molecule has 0 aromatic rings. The summed E-state index contributed by atoms with van der Waals surface area (Å²) in [5.74, 6) is 0.310. The van der Waals surface area contributed by atoms with Crippen molar-refractivity contribution >= 4 is 5.91 Å². The summed E-state index contributed by atoms with van der Waals surface area (Å²) < 4.78 is 0. The molecular formula is C15H28N2O2. The van der Waals surface area contributed by atoms with Crippen molar-refractivity contribution in [3.63, 3.8) is 0 Å². The first-order chi connectivity index (χ1) is 9.31. The van der Waals surface area contributed by atoms with Gasteiger partial charge in [-0.15, -0.1) is 0 Å². The number of nitrogens with zero attached hydrogens (tertiary/aromatic N) is 2. The van der Waals surface area contributed by atoms with Gasteiger partial charge in [-0.25, -0.2) is 0 Å². The largest absolute Gasteiger partial charge is 0.340 e. The van der Waals surface area contributed by atoms with E-state index in [0.29, 0.717) is 18.4 Å². The first-order valence-electron chi connectivity index (χ1n) is 7.98. The van der Waals surface area contributed by atoms with Crippen molar-refractivity contribution in [1.29, 1.82) is 0 Å². The van der Waals surface area contributed by atoms with Gasteiger partial charge < -0.3 is 4.90 Å². The fourth-order valence-corrected chi connectivity index (χ4v) is 3.25. The van der Waals surface area contributed by atoms with Crippen molar-refractivity contribution in [2.75, 3.05) is 26.2 Å². The number of amides is 1. The Morgan fingerprint density at radius 2 is 1.95 bits per heavy atom. The maximum Gasteiger partial charge on any atom is 0.224 e. The number of hydrogen-bond donors (Lipinski definition) is 0. The third-order valence-corrected chi connectivity index (χ3v) is 4.33. The molecule has 2 aliphatic rings. The highest BCUT2D eigenvalue weighted by Gasteiger charge is 2.24.